The number of aromatic hydroxyl groups is 1. The van der Waals surface area contributed by atoms with Crippen LogP contribution in [0.3, 0.4) is 0 Å². The van der Waals surface area contributed by atoms with Crippen LogP contribution in [0.15, 0.2) is 18.2 Å². The lowest BCUT2D eigenvalue weighted by atomic mass is 10.0. The van der Waals surface area contributed by atoms with Gasteiger partial charge in [-0.2, -0.15) is 0 Å². The molecule has 1 N–H and O–H groups in total. The predicted octanol–water partition coefficient (Wildman–Crippen LogP) is 3.93. The Morgan fingerprint density at radius 3 is 2.68 bits per heavy atom. The van der Waals surface area contributed by atoms with E-state index in [1.165, 1.54) is 17.4 Å². The van der Waals surface area contributed by atoms with Gasteiger partial charge in [0.1, 0.15) is 5.75 Å². The normalized spacial score (nSPS) is 16.6. The van der Waals surface area contributed by atoms with Crippen LogP contribution in [0, 0.1) is 12.8 Å². The SMILES string of the molecule is CC(=O)c1cc(-c2cc3c(s2)CCN(C(=O)C2CC2)C3)cc(C)c1O. The van der Waals surface area contributed by atoms with E-state index in [0.717, 1.165) is 36.2 Å². The number of thiophene rings is 1. The topological polar surface area (TPSA) is 57.6 Å². The summed E-state index contributed by atoms with van der Waals surface area (Å²) < 4.78 is 0. The largest absolute Gasteiger partial charge is 0.507 e. The number of phenolic OH excluding ortho intramolecular Hbond substituents is 1. The van der Waals surface area contributed by atoms with Gasteiger partial charge in [-0.25, -0.2) is 0 Å². The van der Waals surface area contributed by atoms with E-state index < -0.39 is 0 Å². The highest BCUT2D eigenvalue weighted by molar-refractivity contribution is 7.15. The molecule has 5 heteroatoms. The molecule has 1 aliphatic carbocycles. The van der Waals surface area contributed by atoms with Crippen molar-refractivity contribution < 1.29 is 14.7 Å². The molecule has 1 saturated carbocycles. The Hall–Kier alpha value is -2.14. The maximum atomic E-state index is 12.3. The molecule has 0 atom stereocenters. The van der Waals surface area contributed by atoms with Crippen LogP contribution in [-0.4, -0.2) is 28.2 Å². The second-order valence-electron chi connectivity index (χ2n) is 7.09. The average molecular weight is 355 g/mol. The first-order valence-electron chi connectivity index (χ1n) is 8.69. The van der Waals surface area contributed by atoms with Gasteiger partial charge in [-0.15, -0.1) is 11.3 Å². The summed E-state index contributed by atoms with van der Waals surface area (Å²) in [7, 11) is 0. The molecule has 0 spiro atoms. The molecule has 130 valence electrons. The van der Waals surface area contributed by atoms with Crippen molar-refractivity contribution in [2.24, 2.45) is 5.92 Å². The van der Waals surface area contributed by atoms with Crippen molar-refractivity contribution in [1.82, 2.24) is 4.90 Å². The molecule has 2 aromatic rings. The summed E-state index contributed by atoms with van der Waals surface area (Å²) in [5.41, 5.74) is 3.25. The minimum absolute atomic E-state index is 0.0683. The Kier molecular flexibility index (Phi) is 3.91. The first-order valence-corrected chi connectivity index (χ1v) is 9.51. The number of hydrogen-bond acceptors (Lipinski definition) is 4. The molecular weight excluding hydrogens is 334 g/mol. The summed E-state index contributed by atoms with van der Waals surface area (Å²) in [5.74, 6) is 0.499. The van der Waals surface area contributed by atoms with Crippen molar-refractivity contribution in [2.75, 3.05) is 6.54 Å². The third kappa shape index (κ3) is 2.97. The fourth-order valence-corrected chi connectivity index (χ4v) is 4.59. The van der Waals surface area contributed by atoms with E-state index in [1.54, 1.807) is 17.4 Å². The van der Waals surface area contributed by atoms with Gasteiger partial charge in [0.2, 0.25) is 5.91 Å². The van der Waals surface area contributed by atoms with E-state index in [-0.39, 0.29) is 17.5 Å². The zero-order valence-electron chi connectivity index (χ0n) is 14.5. The van der Waals surface area contributed by atoms with Crippen LogP contribution in [0.25, 0.3) is 10.4 Å². The van der Waals surface area contributed by atoms with Crippen molar-refractivity contribution >= 4 is 23.0 Å². The summed E-state index contributed by atoms with van der Waals surface area (Å²) in [6, 6.07) is 5.84. The Labute approximate surface area is 151 Å². The van der Waals surface area contributed by atoms with Crippen molar-refractivity contribution in [3.05, 3.63) is 39.8 Å². The lowest BCUT2D eigenvalue weighted by molar-refractivity contribution is -0.133. The summed E-state index contributed by atoms with van der Waals surface area (Å²) in [6.07, 6.45) is 2.98. The molecule has 1 amide bonds. The quantitative estimate of drug-likeness (QED) is 0.849. The predicted molar refractivity (Wildman–Crippen MR) is 98.0 cm³/mol. The zero-order valence-corrected chi connectivity index (χ0v) is 15.3. The molecular formula is C20H21NO3S. The Bertz CT molecular complexity index is 879. The highest BCUT2D eigenvalue weighted by atomic mass is 32.1. The highest BCUT2D eigenvalue weighted by Crippen LogP contribution is 2.39. The number of fused-ring (bicyclic) bond motifs is 1. The maximum absolute atomic E-state index is 12.3. The number of carbonyl (C=O) groups is 2. The van der Waals surface area contributed by atoms with Gasteiger partial charge in [0.25, 0.3) is 0 Å². The van der Waals surface area contributed by atoms with Gasteiger partial charge in [-0.3, -0.25) is 9.59 Å². The Morgan fingerprint density at radius 2 is 2.00 bits per heavy atom. The van der Waals surface area contributed by atoms with Crippen LogP contribution in [0.4, 0.5) is 0 Å². The van der Waals surface area contributed by atoms with Crippen LogP contribution < -0.4 is 0 Å². The van der Waals surface area contributed by atoms with E-state index in [9.17, 15) is 14.7 Å². The number of phenols is 1. The average Bonchev–Trinajstić information content (AvgIpc) is 3.34. The fraction of sp³-hybridized carbons (Fsp3) is 0.400. The molecule has 4 nitrogen and oxygen atoms in total. The number of aryl methyl sites for hydroxylation is 1. The molecule has 1 fully saturated rings. The third-order valence-electron chi connectivity index (χ3n) is 5.07. The lowest BCUT2D eigenvalue weighted by Gasteiger charge is -2.27. The molecule has 1 aromatic carbocycles. The smallest absolute Gasteiger partial charge is 0.225 e. The molecule has 25 heavy (non-hydrogen) atoms. The molecule has 2 heterocycles. The number of ketones is 1. The van der Waals surface area contributed by atoms with Gasteiger partial charge in [0, 0.05) is 28.8 Å². The van der Waals surface area contributed by atoms with Gasteiger partial charge >= 0.3 is 0 Å². The van der Waals surface area contributed by atoms with Crippen LogP contribution in [0.1, 0.15) is 46.1 Å². The van der Waals surface area contributed by atoms with E-state index in [4.69, 9.17) is 0 Å². The number of carbonyl (C=O) groups excluding carboxylic acids is 2. The summed E-state index contributed by atoms with van der Waals surface area (Å²) in [4.78, 5) is 28.5. The van der Waals surface area contributed by atoms with Crippen LogP contribution >= 0.6 is 11.3 Å². The van der Waals surface area contributed by atoms with E-state index in [0.29, 0.717) is 23.6 Å². The summed E-state index contributed by atoms with van der Waals surface area (Å²) >= 11 is 1.73. The van der Waals surface area contributed by atoms with Crippen molar-refractivity contribution in [3.8, 4) is 16.2 Å². The van der Waals surface area contributed by atoms with Crippen LogP contribution in [0.5, 0.6) is 5.75 Å². The van der Waals surface area contributed by atoms with E-state index in [2.05, 4.69) is 6.07 Å². The molecule has 0 unspecified atom stereocenters. The van der Waals surface area contributed by atoms with Gasteiger partial charge < -0.3 is 10.0 Å². The molecule has 1 aromatic heterocycles. The molecule has 0 radical (unpaired) electrons. The van der Waals surface area contributed by atoms with Crippen LogP contribution in [0.2, 0.25) is 0 Å². The van der Waals surface area contributed by atoms with Crippen molar-refractivity contribution in [3.63, 3.8) is 0 Å². The monoisotopic (exact) mass is 355 g/mol. The Balaban J connectivity index is 1.65. The number of Topliss-reactive ketones (excluding diaryl/α,β-unsaturated/α-hetero) is 1. The highest BCUT2D eigenvalue weighted by Gasteiger charge is 2.35. The van der Waals surface area contributed by atoms with Gasteiger partial charge in [0.05, 0.1) is 5.56 Å². The maximum Gasteiger partial charge on any atom is 0.225 e. The number of benzene rings is 1. The van der Waals surface area contributed by atoms with Crippen molar-refractivity contribution in [2.45, 2.75) is 39.7 Å². The second kappa shape index (κ2) is 5.99. The second-order valence-corrected chi connectivity index (χ2v) is 8.23. The minimum atomic E-state index is -0.134. The first-order chi connectivity index (χ1) is 11.9. The molecule has 0 saturated heterocycles. The Morgan fingerprint density at radius 1 is 1.24 bits per heavy atom. The van der Waals surface area contributed by atoms with Gasteiger partial charge in [-0.1, -0.05) is 0 Å². The first kappa shape index (κ1) is 16.3. The number of hydrogen-bond donors (Lipinski definition) is 1. The molecule has 4 rings (SSSR count). The van der Waals surface area contributed by atoms with Gasteiger partial charge in [-0.05, 0) is 68.0 Å². The molecule has 1 aliphatic heterocycles. The van der Waals surface area contributed by atoms with E-state index >= 15 is 0 Å². The number of nitrogens with zero attached hydrogens (tertiary/aromatic N) is 1. The van der Waals surface area contributed by atoms with Crippen molar-refractivity contribution in [1.29, 1.82) is 0 Å². The molecule has 0 bridgehead atoms. The lowest BCUT2D eigenvalue weighted by Crippen LogP contribution is -2.36. The number of rotatable bonds is 3. The van der Waals surface area contributed by atoms with E-state index in [1.807, 2.05) is 17.9 Å². The fourth-order valence-electron chi connectivity index (χ4n) is 3.44. The minimum Gasteiger partial charge on any atom is -0.507 e. The van der Waals surface area contributed by atoms with Crippen LogP contribution in [-0.2, 0) is 17.8 Å². The molecule has 2 aliphatic rings. The third-order valence-corrected chi connectivity index (χ3v) is 6.36. The standard InChI is InChI=1S/C20H21NO3S/c1-11-7-14(8-16(12(2)22)19(11)23)18-9-15-10-21(6-5-17(15)25-18)20(24)13-3-4-13/h7-9,13,23H,3-6,10H2,1-2H3. The number of amides is 1. The summed E-state index contributed by atoms with van der Waals surface area (Å²) in [5, 5.41) is 10.1. The zero-order chi connectivity index (χ0) is 17.7. The van der Waals surface area contributed by atoms with Gasteiger partial charge in [0.15, 0.2) is 5.78 Å². The summed E-state index contributed by atoms with van der Waals surface area (Å²) in [6.45, 7) is 4.78.